The highest BCUT2D eigenvalue weighted by Gasteiger charge is 2.31. The quantitative estimate of drug-likeness (QED) is 0.795. The van der Waals surface area contributed by atoms with Crippen LogP contribution < -0.4 is 0 Å². The van der Waals surface area contributed by atoms with Crippen LogP contribution in [0.25, 0.3) is 0 Å². The smallest absolute Gasteiger partial charge is 0.0991 e. The number of hydrogen-bond acceptors (Lipinski definition) is 2. The maximum atomic E-state index is 8.82. The van der Waals surface area contributed by atoms with Crippen LogP contribution in [0, 0.1) is 16.7 Å². The van der Waals surface area contributed by atoms with E-state index in [0.717, 1.165) is 12.1 Å². The predicted octanol–water partition coefficient (Wildman–Crippen LogP) is 4.35. The van der Waals surface area contributed by atoms with Crippen molar-refractivity contribution in [3.05, 3.63) is 35.4 Å². The molecule has 0 aromatic heterocycles. The van der Waals surface area contributed by atoms with Crippen molar-refractivity contribution in [1.29, 1.82) is 5.26 Å². The highest BCUT2D eigenvalue weighted by molar-refractivity contribution is 5.31. The van der Waals surface area contributed by atoms with Crippen molar-refractivity contribution in [3.63, 3.8) is 0 Å². The molecule has 1 saturated heterocycles. The first-order valence-corrected chi connectivity index (χ1v) is 7.93. The van der Waals surface area contributed by atoms with Crippen molar-refractivity contribution in [2.45, 2.75) is 52.5 Å². The summed E-state index contributed by atoms with van der Waals surface area (Å²) in [6.45, 7) is 8.12. The highest BCUT2D eigenvalue weighted by Crippen LogP contribution is 2.39. The Bertz CT molecular complexity index is 447. The van der Waals surface area contributed by atoms with Gasteiger partial charge in [-0.25, -0.2) is 0 Å². The Kier molecular flexibility index (Phi) is 5.20. The van der Waals surface area contributed by atoms with Crippen molar-refractivity contribution in [1.82, 2.24) is 4.90 Å². The zero-order chi connectivity index (χ0) is 14.4. The molecule has 1 aromatic rings. The minimum absolute atomic E-state index is 0.607. The largest absolute Gasteiger partial charge is 0.299 e. The second-order valence-corrected chi connectivity index (χ2v) is 6.19. The van der Waals surface area contributed by atoms with Crippen LogP contribution in [0.2, 0.25) is 0 Å². The number of piperidine rings is 1. The lowest BCUT2D eigenvalue weighted by atomic mass is 9.73. The molecular formula is C18H26N2. The molecule has 1 fully saturated rings. The lowest BCUT2D eigenvalue weighted by Gasteiger charge is -2.41. The number of nitriles is 1. The minimum Gasteiger partial charge on any atom is -0.299 e. The fourth-order valence-electron chi connectivity index (χ4n) is 3.44. The molecule has 108 valence electrons. The first kappa shape index (κ1) is 15.1. The second kappa shape index (κ2) is 6.90. The molecule has 0 radical (unpaired) electrons. The van der Waals surface area contributed by atoms with Crippen LogP contribution in [0.5, 0.6) is 0 Å². The fraction of sp³-hybridized carbons (Fsp3) is 0.611. The van der Waals surface area contributed by atoms with Crippen molar-refractivity contribution in [2.24, 2.45) is 5.41 Å². The van der Waals surface area contributed by atoms with Gasteiger partial charge in [-0.1, -0.05) is 38.8 Å². The average Bonchev–Trinajstić information content (AvgIpc) is 2.50. The molecule has 0 aliphatic carbocycles. The summed E-state index contributed by atoms with van der Waals surface area (Å²) < 4.78 is 0. The number of likely N-dealkylation sites (tertiary alicyclic amines) is 1. The summed E-state index contributed by atoms with van der Waals surface area (Å²) in [4.78, 5) is 2.56. The Labute approximate surface area is 123 Å². The van der Waals surface area contributed by atoms with E-state index in [0.29, 0.717) is 5.41 Å². The molecule has 2 nitrogen and oxygen atoms in total. The third kappa shape index (κ3) is 3.61. The normalized spacial score (nSPS) is 18.6. The summed E-state index contributed by atoms with van der Waals surface area (Å²) in [6, 6.07) is 10.2. The number of rotatable bonds is 5. The molecular weight excluding hydrogens is 244 g/mol. The van der Waals surface area contributed by atoms with Crippen LogP contribution in [0.15, 0.2) is 24.3 Å². The van der Waals surface area contributed by atoms with Gasteiger partial charge in [-0.15, -0.1) is 0 Å². The van der Waals surface area contributed by atoms with E-state index in [9.17, 15) is 0 Å². The Morgan fingerprint density at radius 2 is 1.80 bits per heavy atom. The van der Waals surface area contributed by atoms with Gasteiger partial charge in [0.25, 0.3) is 0 Å². The van der Waals surface area contributed by atoms with Crippen LogP contribution >= 0.6 is 0 Å². The fourth-order valence-corrected chi connectivity index (χ4v) is 3.44. The minimum atomic E-state index is 0.607. The summed E-state index contributed by atoms with van der Waals surface area (Å²) in [5.41, 5.74) is 2.68. The van der Waals surface area contributed by atoms with Crippen LogP contribution in [0.4, 0.5) is 0 Å². The Hall–Kier alpha value is -1.33. The van der Waals surface area contributed by atoms with Gasteiger partial charge in [0, 0.05) is 6.54 Å². The van der Waals surface area contributed by atoms with Gasteiger partial charge in [-0.05, 0) is 55.5 Å². The van der Waals surface area contributed by atoms with Gasteiger partial charge in [0.2, 0.25) is 0 Å². The molecule has 0 unspecified atom stereocenters. The van der Waals surface area contributed by atoms with E-state index >= 15 is 0 Å². The lowest BCUT2D eigenvalue weighted by molar-refractivity contribution is 0.0859. The summed E-state index contributed by atoms with van der Waals surface area (Å²) in [5, 5.41) is 8.82. The van der Waals surface area contributed by atoms with Crippen molar-refractivity contribution < 1.29 is 0 Å². The molecule has 0 saturated carbocycles. The summed E-state index contributed by atoms with van der Waals surface area (Å²) >= 11 is 0. The summed E-state index contributed by atoms with van der Waals surface area (Å²) in [6.07, 6.45) is 6.70. The number of benzene rings is 1. The highest BCUT2D eigenvalue weighted by atomic mass is 15.1. The second-order valence-electron chi connectivity index (χ2n) is 6.19. The van der Waals surface area contributed by atoms with E-state index in [4.69, 9.17) is 5.26 Å². The maximum Gasteiger partial charge on any atom is 0.0991 e. The average molecular weight is 270 g/mol. The zero-order valence-electron chi connectivity index (χ0n) is 12.9. The Balaban J connectivity index is 1.89. The number of hydrogen-bond donors (Lipinski definition) is 0. The van der Waals surface area contributed by atoms with Gasteiger partial charge >= 0.3 is 0 Å². The van der Waals surface area contributed by atoms with Crippen LogP contribution in [0.1, 0.15) is 57.1 Å². The first-order valence-electron chi connectivity index (χ1n) is 7.93. The molecule has 1 aliphatic rings. The van der Waals surface area contributed by atoms with E-state index in [1.165, 1.54) is 50.8 Å². The molecule has 0 atom stereocenters. The van der Waals surface area contributed by atoms with Gasteiger partial charge in [-0.3, -0.25) is 4.90 Å². The molecule has 1 aromatic carbocycles. The molecule has 0 amide bonds. The molecule has 20 heavy (non-hydrogen) atoms. The SMILES string of the molecule is CCCC1(CC)CCN(Cc2ccc(C#N)cc2)CC1. The monoisotopic (exact) mass is 270 g/mol. The molecule has 1 heterocycles. The van der Waals surface area contributed by atoms with Gasteiger partial charge in [0.1, 0.15) is 0 Å². The maximum absolute atomic E-state index is 8.82. The van der Waals surface area contributed by atoms with E-state index in [1.54, 1.807) is 0 Å². The van der Waals surface area contributed by atoms with Crippen molar-refractivity contribution in [3.8, 4) is 6.07 Å². The first-order chi connectivity index (χ1) is 9.71. The van der Waals surface area contributed by atoms with E-state index in [2.05, 4.69) is 36.9 Å². The zero-order valence-corrected chi connectivity index (χ0v) is 12.9. The van der Waals surface area contributed by atoms with Crippen LogP contribution in [0.3, 0.4) is 0 Å². The molecule has 1 aliphatic heterocycles. The lowest BCUT2D eigenvalue weighted by Crippen LogP contribution is -2.39. The van der Waals surface area contributed by atoms with Crippen molar-refractivity contribution in [2.75, 3.05) is 13.1 Å². The Morgan fingerprint density at radius 1 is 1.15 bits per heavy atom. The van der Waals surface area contributed by atoms with Crippen molar-refractivity contribution >= 4 is 0 Å². The molecule has 2 rings (SSSR count). The van der Waals surface area contributed by atoms with E-state index in [-0.39, 0.29) is 0 Å². The molecule has 0 spiro atoms. The topological polar surface area (TPSA) is 27.0 Å². The Morgan fingerprint density at radius 3 is 2.30 bits per heavy atom. The summed E-state index contributed by atoms with van der Waals surface area (Å²) in [5.74, 6) is 0. The van der Waals surface area contributed by atoms with Gasteiger partial charge in [0.05, 0.1) is 11.6 Å². The molecule has 0 bridgehead atoms. The third-order valence-corrected chi connectivity index (χ3v) is 4.94. The standard InChI is InChI=1S/C18H26N2/c1-3-9-18(4-2)10-12-20(13-11-18)15-17-7-5-16(14-19)6-8-17/h5-8H,3-4,9-13,15H2,1-2H3. The molecule has 2 heteroatoms. The predicted molar refractivity (Wildman–Crippen MR) is 83.3 cm³/mol. The van der Waals surface area contributed by atoms with Gasteiger partial charge in [0.15, 0.2) is 0 Å². The van der Waals surface area contributed by atoms with Crippen LogP contribution in [-0.2, 0) is 6.54 Å². The van der Waals surface area contributed by atoms with Crippen LogP contribution in [-0.4, -0.2) is 18.0 Å². The molecule has 0 N–H and O–H groups in total. The summed E-state index contributed by atoms with van der Waals surface area (Å²) in [7, 11) is 0. The van der Waals surface area contributed by atoms with Gasteiger partial charge < -0.3 is 0 Å². The third-order valence-electron chi connectivity index (χ3n) is 4.94. The number of nitrogens with zero attached hydrogens (tertiary/aromatic N) is 2. The van der Waals surface area contributed by atoms with E-state index in [1.807, 2.05) is 12.1 Å². The van der Waals surface area contributed by atoms with E-state index < -0.39 is 0 Å². The van der Waals surface area contributed by atoms with Gasteiger partial charge in [-0.2, -0.15) is 5.26 Å².